The van der Waals surface area contributed by atoms with Gasteiger partial charge in [-0.25, -0.2) is 0 Å². The van der Waals surface area contributed by atoms with Crippen LogP contribution >= 0.6 is 0 Å². The molecule has 1 fully saturated rings. The summed E-state index contributed by atoms with van der Waals surface area (Å²) >= 11 is 0. The zero-order valence-electron chi connectivity index (χ0n) is 12.5. The molecular formula is C15H29N3. The van der Waals surface area contributed by atoms with Gasteiger partial charge in [0.15, 0.2) is 0 Å². The number of nitrogens with zero attached hydrogens (tertiary/aromatic N) is 2. The molecule has 1 aliphatic heterocycles. The first-order valence-electron chi connectivity index (χ1n) is 7.30. The van der Waals surface area contributed by atoms with E-state index in [9.17, 15) is 0 Å². The van der Waals surface area contributed by atoms with E-state index in [2.05, 4.69) is 30.1 Å². The maximum atomic E-state index is 9.01. The van der Waals surface area contributed by atoms with Crippen LogP contribution in [0.2, 0.25) is 0 Å². The molecule has 0 bridgehead atoms. The van der Waals surface area contributed by atoms with E-state index in [0.29, 0.717) is 6.04 Å². The lowest BCUT2D eigenvalue weighted by atomic mass is 9.90. The second-order valence-corrected chi connectivity index (χ2v) is 6.59. The van der Waals surface area contributed by atoms with Crippen LogP contribution in [0.1, 0.15) is 47.0 Å². The molecule has 3 nitrogen and oxygen atoms in total. The Labute approximate surface area is 113 Å². The first-order valence-corrected chi connectivity index (χ1v) is 7.30. The Hall–Kier alpha value is -0.590. The summed E-state index contributed by atoms with van der Waals surface area (Å²) < 4.78 is 0. The summed E-state index contributed by atoms with van der Waals surface area (Å²) in [6, 6.07) is 2.98. The van der Waals surface area contributed by atoms with E-state index in [4.69, 9.17) is 5.26 Å². The lowest BCUT2D eigenvalue weighted by molar-refractivity contribution is 0.167. The molecule has 1 aliphatic rings. The molecule has 18 heavy (non-hydrogen) atoms. The Morgan fingerprint density at radius 2 is 1.94 bits per heavy atom. The van der Waals surface area contributed by atoms with Gasteiger partial charge in [0.1, 0.15) is 0 Å². The topological polar surface area (TPSA) is 39.1 Å². The second kappa shape index (κ2) is 7.11. The molecule has 0 aromatic heterocycles. The molecule has 104 valence electrons. The molecule has 0 spiro atoms. The molecule has 1 saturated heterocycles. The maximum Gasteiger partial charge on any atom is 0.0684 e. The summed E-state index contributed by atoms with van der Waals surface area (Å²) in [5.41, 5.74) is -0.171. The number of rotatable bonds is 6. The van der Waals surface area contributed by atoms with Gasteiger partial charge in [-0.05, 0) is 65.2 Å². The molecule has 1 rings (SSSR count). The highest BCUT2D eigenvalue weighted by molar-refractivity contribution is 4.92. The van der Waals surface area contributed by atoms with Crippen molar-refractivity contribution in [3.8, 4) is 6.07 Å². The van der Waals surface area contributed by atoms with Crippen molar-refractivity contribution in [2.45, 2.75) is 53.0 Å². The molecule has 1 heterocycles. The van der Waals surface area contributed by atoms with Crippen molar-refractivity contribution in [2.75, 3.05) is 26.2 Å². The molecule has 0 radical (unpaired) electrons. The van der Waals surface area contributed by atoms with E-state index in [1.807, 2.05) is 13.8 Å². The third-order valence-corrected chi connectivity index (χ3v) is 3.88. The van der Waals surface area contributed by atoms with Crippen LogP contribution in [0.4, 0.5) is 0 Å². The highest BCUT2D eigenvalue weighted by Crippen LogP contribution is 2.22. The third-order valence-electron chi connectivity index (χ3n) is 3.88. The van der Waals surface area contributed by atoms with Gasteiger partial charge in [0.2, 0.25) is 0 Å². The average molecular weight is 251 g/mol. The van der Waals surface area contributed by atoms with Crippen molar-refractivity contribution < 1.29 is 0 Å². The van der Waals surface area contributed by atoms with Gasteiger partial charge in [0.25, 0.3) is 0 Å². The number of nitriles is 1. The van der Waals surface area contributed by atoms with E-state index >= 15 is 0 Å². The first kappa shape index (κ1) is 15.5. The van der Waals surface area contributed by atoms with Crippen LogP contribution < -0.4 is 5.32 Å². The van der Waals surface area contributed by atoms with E-state index in [1.54, 1.807) is 0 Å². The van der Waals surface area contributed by atoms with Crippen LogP contribution in [0.15, 0.2) is 0 Å². The number of piperidine rings is 1. The van der Waals surface area contributed by atoms with E-state index in [1.165, 1.54) is 25.9 Å². The van der Waals surface area contributed by atoms with Crippen LogP contribution in [0.25, 0.3) is 0 Å². The Bertz CT molecular complexity index is 270. The van der Waals surface area contributed by atoms with Gasteiger partial charge >= 0.3 is 0 Å². The van der Waals surface area contributed by atoms with Gasteiger partial charge in [0.05, 0.1) is 11.5 Å². The van der Waals surface area contributed by atoms with Crippen molar-refractivity contribution in [1.82, 2.24) is 10.2 Å². The fraction of sp³-hybridized carbons (Fsp3) is 0.933. The Morgan fingerprint density at radius 3 is 2.44 bits per heavy atom. The molecule has 3 heteroatoms. The maximum absolute atomic E-state index is 9.01. The van der Waals surface area contributed by atoms with E-state index in [0.717, 1.165) is 25.4 Å². The Kier molecular flexibility index (Phi) is 6.11. The molecule has 0 atom stereocenters. The van der Waals surface area contributed by atoms with E-state index in [-0.39, 0.29) is 5.41 Å². The smallest absolute Gasteiger partial charge is 0.0684 e. The third kappa shape index (κ3) is 5.84. The summed E-state index contributed by atoms with van der Waals surface area (Å²) in [5, 5.41) is 12.5. The normalized spacial score (nSPS) is 19.1. The number of hydrogen-bond donors (Lipinski definition) is 1. The molecule has 0 aliphatic carbocycles. The van der Waals surface area contributed by atoms with Crippen molar-refractivity contribution >= 4 is 0 Å². The Balaban J connectivity index is 2.18. The van der Waals surface area contributed by atoms with Crippen molar-refractivity contribution in [2.24, 2.45) is 11.3 Å². The molecule has 0 unspecified atom stereocenters. The lowest BCUT2D eigenvalue weighted by Gasteiger charge is -2.33. The molecule has 0 amide bonds. The minimum atomic E-state index is -0.171. The number of hydrogen-bond acceptors (Lipinski definition) is 3. The summed E-state index contributed by atoms with van der Waals surface area (Å²) in [6.07, 6.45) is 3.58. The first-order chi connectivity index (χ1) is 8.43. The number of likely N-dealkylation sites (tertiary alicyclic amines) is 1. The molecular weight excluding hydrogens is 222 g/mol. The summed E-state index contributed by atoms with van der Waals surface area (Å²) in [6.45, 7) is 13.1. The van der Waals surface area contributed by atoms with Crippen LogP contribution in [0.5, 0.6) is 0 Å². The fourth-order valence-corrected chi connectivity index (χ4v) is 2.31. The molecule has 0 aromatic rings. The highest BCUT2D eigenvalue weighted by atomic mass is 15.1. The summed E-state index contributed by atoms with van der Waals surface area (Å²) in [7, 11) is 0. The van der Waals surface area contributed by atoms with Gasteiger partial charge in [-0.1, -0.05) is 13.8 Å². The van der Waals surface area contributed by atoms with Crippen molar-refractivity contribution in [3.05, 3.63) is 0 Å². The quantitative estimate of drug-likeness (QED) is 0.789. The van der Waals surface area contributed by atoms with Gasteiger partial charge in [-0.2, -0.15) is 5.26 Å². The number of nitrogens with one attached hydrogen (secondary N) is 1. The van der Waals surface area contributed by atoms with Crippen LogP contribution in [0, 0.1) is 22.7 Å². The monoisotopic (exact) mass is 251 g/mol. The van der Waals surface area contributed by atoms with Gasteiger partial charge in [-0.15, -0.1) is 0 Å². The summed E-state index contributed by atoms with van der Waals surface area (Å²) in [5.74, 6) is 0.840. The van der Waals surface area contributed by atoms with Crippen LogP contribution in [0.3, 0.4) is 0 Å². The lowest BCUT2D eigenvalue weighted by Crippen LogP contribution is -2.39. The zero-order valence-corrected chi connectivity index (χ0v) is 12.5. The SMILES string of the molecule is CC(C)NCC1CCN(CCC(C)(C)C#N)CC1. The average Bonchev–Trinajstić information content (AvgIpc) is 2.35. The Morgan fingerprint density at radius 1 is 1.33 bits per heavy atom. The largest absolute Gasteiger partial charge is 0.314 e. The van der Waals surface area contributed by atoms with Crippen molar-refractivity contribution in [3.63, 3.8) is 0 Å². The van der Waals surface area contributed by atoms with E-state index < -0.39 is 0 Å². The van der Waals surface area contributed by atoms with Crippen LogP contribution in [-0.4, -0.2) is 37.1 Å². The predicted molar refractivity (Wildman–Crippen MR) is 76.3 cm³/mol. The zero-order chi connectivity index (χ0) is 13.6. The van der Waals surface area contributed by atoms with Gasteiger partial charge in [-0.3, -0.25) is 0 Å². The fourth-order valence-electron chi connectivity index (χ4n) is 2.31. The second-order valence-electron chi connectivity index (χ2n) is 6.59. The minimum absolute atomic E-state index is 0.171. The molecule has 1 N–H and O–H groups in total. The predicted octanol–water partition coefficient (Wildman–Crippen LogP) is 2.64. The molecule has 0 aromatic carbocycles. The van der Waals surface area contributed by atoms with Gasteiger partial charge < -0.3 is 10.2 Å². The molecule has 0 saturated carbocycles. The van der Waals surface area contributed by atoms with Crippen molar-refractivity contribution in [1.29, 1.82) is 5.26 Å². The van der Waals surface area contributed by atoms with Crippen LogP contribution in [-0.2, 0) is 0 Å². The summed E-state index contributed by atoms with van der Waals surface area (Å²) in [4.78, 5) is 2.52. The standard InChI is InChI=1S/C15H29N3/c1-13(2)17-11-14-5-8-18(9-6-14)10-7-15(3,4)12-16/h13-14,17H,5-11H2,1-4H3. The highest BCUT2D eigenvalue weighted by Gasteiger charge is 2.22. The minimum Gasteiger partial charge on any atom is -0.314 e. The van der Waals surface area contributed by atoms with Gasteiger partial charge in [0, 0.05) is 6.04 Å².